The molecule has 1 aromatic rings. The Kier molecular flexibility index (Phi) is 4.73. The number of nitrogens with one attached hydrogen (secondary N) is 1. The molecule has 0 aliphatic heterocycles. The Hall–Kier alpha value is -2.02. The first kappa shape index (κ1) is 14.0. The third-order valence-electron chi connectivity index (χ3n) is 1.81. The second-order valence-corrected chi connectivity index (χ2v) is 5.15. The summed E-state index contributed by atoms with van der Waals surface area (Å²) in [6.07, 6.45) is 1.27. The van der Waals surface area contributed by atoms with E-state index in [4.69, 9.17) is 9.84 Å². The van der Waals surface area contributed by atoms with Crippen molar-refractivity contribution in [2.24, 2.45) is 0 Å². The monoisotopic (exact) mass is 271 g/mol. The van der Waals surface area contributed by atoms with Gasteiger partial charge in [-0.1, -0.05) is 12.1 Å². The molecule has 7 heteroatoms. The van der Waals surface area contributed by atoms with Crippen LogP contribution in [0.25, 0.3) is 0 Å². The molecule has 1 aromatic carbocycles. The molecule has 18 heavy (non-hydrogen) atoms. The van der Waals surface area contributed by atoms with E-state index in [1.807, 2.05) is 0 Å². The van der Waals surface area contributed by atoms with Gasteiger partial charge in [0, 0.05) is 6.07 Å². The van der Waals surface area contributed by atoms with E-state index < -0.39 is 22.6 Å². The molecule has 0 aromatic heterocycles. The molecule has 0 aliphatic rings. The highest BCUT2D eigenvalue weighted by Gasteiger charge is 2.08. The predicted octanol–water partition coefficient (Wildman–Crippen LogP) is 1.08. The molecule has 0 saturated carbocycles. The Morgan fingerprint density at radius 1 is 1.50 bits per heavy atom. The van der Waals surface area contributed by atoms with Crippen LogP contribution in [0.1, 0.15) is 0 Å². The Bertz CT molecular complexity index is 538. The lowest BCUT2D eigenvalue weighted by molar-refractivity contribution is -0.139. The fraction of sp³-hybridized carbons (Fsp3) is 0.182. The van der Waals surface area contributed by atoms with Crippen LogP contribution < -0.4 is 9.46 Å². The lowest BCUT2D eigenvalue weighted by atomic mass is 10.3. The number of carboxylic acids is 1. The second kappa shape index (κ2) is 6.06. The molecule has 0 fully saturated rings. The topological polar surface area (TPSA) is 92.7 Å². The smallest absolute Gasteiger partial charge is 0.341 e. The number of hydrogen-bond acceptors (Lipinski definition) is 4. The minimum atomic E-state index is -3.47. The van der Waals surface area contributed by atoms with E-state index in [0.717, 1.165) is 0 Å². The van der Waals surface area contributed by atoms with Crippen molar-refractivity contribution in [1.29, 1.82) is 0 Å². The van der Waals surface area contributed by atoms with Gasteiger partial charge in [0.05, 0.1) is 11.4 Å². The van der Waals surface area contributed by atoms with Crippen molar-refractivity contribution in [3.8, 4) is 5.75 Å². The lowest BCUT2D eigenvalue weighted by Gasteiger charge is -2.08. The van der Waals surface area contributed by atoms with Crippen molar-refractivity contribution in [3.05, 3.63) is 36.9 Å². The molecule has 98 valence electrons. The molecular formula is C11H13NO5S. The summed E-state index contributed by atoms with van der Waals surface area (Å²) in [6.45, 7) is 2.86. The molecule has 0 aliphatic carbocycles. The van der Waals surface area contributed by atoms with Gasteiger partial charge in [-0.05, 0) is 12.1 Å². The summed E-state index contributed by atoms with van der Waals surface area (Å²) in [6, 6.07) is 6.04. The Labute approximate surface area is 105 Å². The maximum Gasteiger partial charge on any atom is 0.341 e. The van der Waals surface area contributed by atoms with Gasteiger partial charge in [0.1, 0.15) is 5.75 Å². The van der Waals surface area contributed by atoms with Gasteiger partial charge in [-0.25, -0.2) is 13.2 Å². The maximum atomic E-state index is 11.5. The zero-order valence-electron chi connectivity index (χ0n) is 9.50. The van der Waals surface area contributed by atoms with Crippen LogP contribution in [0.4, 0.5) is 5.69 Å². The van der Waals surface area contributed by atoms with E-state index in [2.05, 4.69) is 11.3 Å². The van der Waals surface area contributed by atoms with Crippen molar-refractivity contribution < 1.29 is 23.1 Å². The molecule has 0 heterocycles. The number of sulfonamides is 1. The SMILES string of the molecule is C=CCS(=O)(=O)Nc1cccc(OCC(=O)O)c1. The molecule has 0 radical (unpaired) electrons. The fourth-order valence-electron chi connectivity index (χ4n) is 1.17. The van der Waals surface area contributed by atoms with Gasteiger partial charge in [0.2, 0.25) is 10.0 Å². The van der Waals surface area contributed by atoms with E-state index in [1.54, 1.807) is 6.07 Å². The Balaban J connectivity index is 2.76. The second-order valence-electron chi connectivity index (χ2n) is 3.38. The van der Waals surface area contributed by atoms with E-state index in [9.17, 15) is 13.2 Å². The highest BCUT2D eigenvalue weighted by molar-refractivity contribution is 7.92. The van der Waals surface area contributed by atoms with Gasteiger partial charge in [0.15, 0.2) is 6.61 Å². The molecule has 6 nitrogen and oxygen atoms in total. The molecule has 2 N–H and O–H groups in total. The Morgan fingerprint density at radius 2 is 2.22 bits per heavy atom. The van der Waals surface area contributed by atoms with Crippen molar-refractivity contribution in [2.45, 2.75) is 0 Å². The third kappa shape index (κ3) is 4.88. The van der Waals surface area contributed by atoms with E-state index >= 15 is 0 Å². The zero-order valence-corrected chi connectivity index (χ0v) is 10.3. The summed E-state index contributed by atoms with van der Waals surface area (Å²) in [5, 5.41) is 8.45. The number of rotatable bonds is 7. The largest absolute Gasteiger partial charge is 0.482 e. The van der Waals surface area contributed by atoms with Gasteiger partial charge in [-0.2, -0.15) is 0 Å². The lowest BCUT2D eigenvalue weighted by Crippen LogP contribution is -2.15. The molecule has 0 atom stereocenters. The summed E-state index contributed by atoms with van der Waals surface area (Å²) in [4.78, 5) is 10.3. The first-order valence-corrected chi connectivity index (χ1v) is 6.64. The number of ether oxygens (including phenoxy) is 1. The molecular weight excluding hydrogens is 258 g/mol. The van der Waals surface area contributed by atoms with Crippen molar-refractivity contribution >= 4 is 21.7 Å². The van der Waals surface area contributed by atoms with Crippen LogP contribution in [0.2, 0.25) is 0 Å². The molecule has 0 unspecified atom stereocenters. The van der Waals surface area contributed by atoms with Crippen LogP contribution >= 0.6 is 0 Å². The third-order valence-corrected chi connectivity index (χ3v) is 3.03. The van der Waals surface area contributed by atoms with Gasteiger partial charge >= 0.3 is 5.97 Å². The molecule has 0 spiro atoms. The molecule has 0 saturated heterocycles. The minimum absolute atomic E-state index is 0.201. The summed E-state index contributed by atoms with van der Waals surface area (Å²) in [7, 11) is -3.47. The maximum absolute atomic E-state index is 11.5. The number of carbonyl (C=O) groups is 1. The number of carboxylic acid groups (broad SMARTS) is 1. The molecule has 0 bridgehead atoms. The number of hydrogen-bond donors (Lipinski definition) is 2. The predicted molar refractivity (Wildman–Crippen MR) is 67.2 cm³/mol. The summed E-state index contributed by atoms with van der Waals surface area (Å²) < 4.78 is 30.2. The first-order valence-electron chi connectivity index (χ1n) is 4.99. The van der Waals surface area contributed by atoms with Gasteiger partial charge in [-0.3, -0.25) is 4.72 Å². The van der Waals surface area contributed by atoms with Gasteiger partial charge in [-0.15, -0.1) is 6.58 Å². The quantitative estimate of drug-likeness (QED) is 0.724. The van der Waals surface area contributed by atoms with Crippen LogP contribution in [0, 0.1) is 0 Å². The van der Waals surface area contributed by atoms with Crippen LogP contribution in [-0.2, 0) is 14.8 Å². The Morgan fingerprint density at radius 3 is 2.83 bits per heavy atom. The van der Waals surface area contributed by atoms with Crippen LogP contribution in [0.3, 0.4) is 0 Å². The summed E-state index contributed by atoms with van der Waals surface area (Å²) >= 11 is 0. The van der Waals surface area contributed by atoms with Crippen LogP contribution in [0.15, 0.2) is 36.9 Å². The standard InChI is InChI=1S/C11H13NO5S/c1-2-6-18(15,16)12-9-4-3-5-10(7-9)17-8-11(13)14/h2-5,7,12H,1,6,8H2,(H,13,14). The highest BCUT2D eigenvalue weighted by atomic mass is 32.2. The van der Waals surface area contributed by atoms with E-state index in [-0.39, 0.29) is 11.5 Å². The summed E-state index contributed by atoms with van der Waals surface area (Å²) in [5.41, 5.74) is 0.305. The van der Waals surface area contributed by atoms with E-state index in [0.29, 0.717) is 5.69 Å². The molecule has 1 rings (SSSR count). The number of aliphatic carboxylic acids is 1. The highest BCUT2D eigenvalue weighted by Crippen LogP contribution is 2.18. The number of benzene rings is 1. The van der Waals surface area contributed by atoms with Crippen molar-refractivity contribution in [1.82, 2.24) is 0 Å². The first-order chi connectivity index (χ1) is 8.43. The van der Waals surface area contributed by atoms with Gasteiger partial charge in [0.25, 0.3) is 0 Å². The average Bonchev–Trinajstić information content (AvgIpc) is 2.26. The van der Waals surface area contributed by atoms with Crippen molar-refractivity contribution in [3.63, 3.8) is 0 Å². The zero-order chi connectivity index (χ0) is 13.6. The summed E-state index contributed by atoms with van der Waals surface area (Å²) in [5.74, 6) is -1.03. The van der Waals surface area contributed by atoms with Crippen LogP contribution in [-0.4, -0.2) is 31.9 Å². The normalized spacial score (nSPS) is 10.7. The van der Waals surface area contributed by atoms with Crippen molar-refractivity contribution in [2.75, 3.05) is 17.1 Å². The van der Waals surface area contributed by atoms with Crippen LogP contribution in [0.5, 0.6) is 5.75 Å². The fourth-order valence-corrected chi connectivity index (χ4v) is 2.05. The van der Waals surface area contributed by atoms with E-state index in [1.165, 1.54) is 24.3 Å². The molecule has 0 amide bonds. The average molecular weight is 271 g/mol. The number of anilines is 1. The van der Waals surface area contributed by atoms with Gasteiger partial charge < -0.3 is 9.84 Å². The minimum Gasteiger partial charge on any atom is -0.482 e.